The highest BCUT2D eigenvalue weighted by Crippen LogP contribution is 2.40. The summed E-state index contributed by atoms with van der Waals surface area (Å²) in [5.41, 5.74) is 0.676. The van der Waals surface area contributed by atoms with E-state index in [0.717, 1.165) is 30.9 Å². The SMILES string of the molecule is COc1cccc(N2CCC[C@@H](c3nccs3)C2)c1[N+](=O)[O-]. The Bertz CT molecular complexity index is 660. The number of ether oxygens (including phenoxy) is 1. The third kappa shape index (κ3) is 2.76. The number of hydrogen-bond acceptors (Lipinski definition) is 6. The lowest BCUT2D eigenvalue weighted by molar-refractivity contribution is -0.385. The lowest BCUT2D eigenvalue weighted by atomic mass is 9.98. The molecule has 22 heavy (non-hydrogen) atoms. The van der Waals surface area contributed by atoms with Crippen LogP contribution in [0.3, 0.4) is 0 Å². The topological polar surface area (TPSA) is 68.5 Å². The summed E-state index contributed by atoms with van der Waals surface area (Å²) in [6.07, 6.45) is 3.88. The van der Waals surface area contributed by atoms with E-state index in [0.29, 0.717) is 17.4 Å². The summed E-state index contributed by atoms with van der Waals surface area (Å²) in [4.78, 5) is 17.6. The molecule has 6 nitrogen and oxygen atoms in total. The molecule has 1 saturated heterocycles. The molecule has 0 radical (unpaired) electrons. The minimum atomic E-state index is -0.360. The highest BCUT2D eigenvalue weighted by molar-refractivity contribution is 7.09. The first-order chi connectivity index (χ1) is 10.7. The Morgan fingerprint density at radius 2 is 2.36 bits per heavy atom. The number of hydrogen-bond donors (Lipinski definition) is 0. The first kappa shape index (κ1) is 14.8. The number of para-hydroxylation sites is 1. The average molecular weight is 319 g/mol. The lowest BCUT2D eigenvalue weighted by Gasteiger charge is -2.33. The van der Waals surface area contributed by atoms with E-state index in [9.17, 15) is 10.1 Å². The quantitative estimate of drug-likeness (QED) is 0.638. The zero-order chi connectivity index (χ0) is 15.5. The van der Waals surface area contributed by atoms with Gasteiger partial charge in [-0.3, -0.25) is 10.1 Å². The molecule has 0 saturated carbocycles. The number of rotatable bonds is 4. The molecule has 0 bridgehead atoms. The number of aromatic nitrogens is 1. The number of thiazole rings is 1. The molecule has 1 aromatic heterocycles. The Balaban J connectivity index is 1.92. The second-order valence-electron chi connectivity index (χ2n) is 5.24. The highest BCUT2D eigenvalue weighted by atomic mass is 32.1. The summed E-state index contributed by atoms with van der Waals surface area (Å²) < 4.78 is 5.16. The van der Waals surface area contributed by atoms with Crippen molar-refractivity contribution in [2.75, 3.05) is 25.1 Å². The van der Waals surface area contributed by atoms with Gasteiger partial charge in [0.2, 0.25) is 0 Å². The molecule has 1 aliphatic heterocycles. The van der Waals surface area contributed by atoms with E-state index in [-0.39, 0.29) is 10.6 Å². The van der Waals surface area contributed by atoms with Gasteiger partial charge in [0.25, 0.3) is 0 Å². The Morgan fingerprint density at radius 1 is 1.50 bits per heavy atom. The molecule has 7 heteroatoms. The molecule has 0 aliphatic carbocycles. The van der Waals surface area contributed by atoms with Crippen molar-refractivity contribution in [1.82, 2.24) is 4.98 Å². The summed E-state index contributed by atoms with van der Waals surface area (Å²) in [6, 6.07) is 5.23. The summed E-state index contributed by atoms with van der Waals surface area (Å²) in [7, 11) is 1.46. The summed E-state index contributed by atoms with van der Waals surface area (Å²) in [5, 5.41) is 14.5. The van der Waals surface area contributed by atoms with Crippen molar-refractivity contribution in [1.29, 1.82) is 0 Å². The molecule has 2 aromatic rings. The molecule has 1 atom stereocenters. The average Bonchev–Trinajstić information content (AvgIpc) is 3.08. The molecule has 1 aromatic carbocycles. The lowest BCUT2D eigenvalue weighted by Crippen LogP contribution is -2.34. The highest BCUT2D eigenvalue weighted by Gasteiger charge is 2.29. The smallest absolute Gasteiger partial charge is 0.333 e. The van der Waals surface area contributed by atoms with Crippen LogP contribution in [0.5, 0.6) is 5.75 Å². The van der Waals surface area contributed by atoms with Crippen molar-refractivity contribution >= 4 is 22.7 Å². The number of methoxy groups -OCH3 is 1. The molecule has 0 N–H and O–H groups in total. The summed E-state index contributed by atoms with van der Waals surface area (Å²) in [5.74, 6) is 0.637. The Hall–Kier alpha value is -2.15. The van der Waals surface area contributed by atoms with Gasteiger partial charge in [0.05, 0.1) is 17.0 Å². The minimum absolute atomic E-state index is 0.0461. The van der Waals surface area contributed by atoms with Crippen LogP contribution in [0.1, 0.15) is 23.8 Å². The van der Waals surface area contributed by atoms with E-state index in [4.69, 9.17) is 4.74 Å². The molecule has 0 spiro atoms. The van der Waals surface area contributed by atoms with Crippen molar-refractivity contribution in [3.8, 4) is 5.75 Å². The van der Waals surface area contributed by atoms with Crippen LogP contribution in [0, 0.1) is 10.1 Å². The summed E-state index contributed by atoms with van der Waals surface area (Å²) >= 11 is 1.65. The summed E-state index contributed by atoms with van der Waals surface area (Å²) in [6.45, 7) is 1.57. The maximum atomic E-state index is 11.4. The molecule has 2 heterocycles. The van der Waals surface area contributed by atoms with Crippen LogP contribution in [0.2, 0.25) is 0 Å². The van der Waals surface area contributed by atoms with Crippen molar-refractivity contribution in [3.63, 3.8) is 0 Å². The van der Waals surface area contributed by atoms with Crippen LogP contribution in [-0.4, -0.2) is 30.1 Å². The number of benzene rings is 1. The van der Waals surface area contributed by atoms with Gasteiger partial charge in [-0.25, -0.2) is 4.98 Å². The van der Waals surface area contributed by atoms with Gasteiger partial charge in [-0.2, -0.15) is 0 Å². The zero-order valence-corrected chi connectivity index (χ0v) is 13.1. The molecule has 0 unspecified atom stereocenters. The van der Waals surface area contributed by atoms with Crippen LogP contribution in [0.4, 0.5) is 11.4 Å². The number of anilines is 1. The first-order valence-electron chi connectivity index (χ1n) is 7.16. The van der Waals surface area contributed by atoms with E-state index < -0.39 is 0 Å². The van der Waals surface area contributed by atoms with E-state index in [1.165, 1.54) is 7.11 Å². The van der Waals surface area contributed by atoms with Crippen LogP contribution in [0.15, 0.2) is 29.8 Å². The van der Waals surface area contributed by atoms with Gasteiger partial charge in [0, 0.05) is 30.6 Å². The van der Waals surface area contributed by atoms with Crippen LogP contribution in [-0.2, 0) is 0 Å². The Labute approximate surface area is 132 Å². The van der Waals surface area contributed by atoms with Gasteiger partial charge < -0.3 is 9.64 Å². The molecular formula is C15H17N3O3S. The minimum Gasteiger partial charge on any atom is -0.490 e. The maximum absolute atomic E-state index is 11.4. The van der Waals surface area contributed by atoms with Crippen molar-refractivity contribution < 1.29 is 9.66 Å². The Morgan fingerprint density at radius 3 is 3.05 bits per heavy atom. The van der Waals surface area contributed by atoms with Crippen LogP contribution < -0.4 is 9.64 Å². The molecule has 1 fully saturated rings. The van der Waals surface area contributed by atoms with Crippen molar-refractivity contribution in [2.45, 2.75) is 18.8 Å². The van der Waals surface area contributed by atoms with Gasteiger partial charge in [0.1, 0.15) is 5.69 Å². The van der Waals surface area contributed by atoms with E-state index in [1.54, 1.807) is 29.5 Å². The second kappa shape index (κ2) is 6.31. The molecular weight excluding hydrogens is 302 g/mol. The van der Waals surface area contributed by atoms with Crippen molar-refractivity contribution in [3.05, 3.63) is 44.9 Å². The van der Waals surface area contributed by atoms with Crippen LogP contribution >= 0.6 is 11.3 Å². The zero-order valence-electron chi connectivity index (χ0n) is 12.3. The number of piperidine rings is 1. The maximum Gasteiger partial charge on any atom is 0.333 e. The second-order valence-corrected chi connectivity index (χ2v) is 6.17. The van der Waals surface area contributed by atoms with Crippen molar-refractivity contribution in [2.24, 2.45) is 0 Å². The fourth-order valence-electron chi connectivity index (χ4n) is 2.95. The normalized spacial score (nSPS) is 18.2. The van der Waals surface area contributed by atoms with Gasteiger partial charge >= 0.3 is 5.69 Å². The fraction of sp³-hybridized carbons (Fsp3) is 0.400. The fourth-order valence-corrected chi connectivity index (χ4v) is 3.72. The first-order valence-corrected chi connectivity index (χ1v) is 8.04. The number of nitrogens with zero attached hydrogens (tertiary/aromatic N) is 3. The molecule has 0 amide bonds. The standard InChI is InChI=1S/C15H17N3O3S/c1-21-13-6-2-5-12(14(13)18(19)20)17-8-3-4-11(10-17)15-16-7-9-22-15/h2,5-7,9,11H,3-4,8,10H2,1H3/t11-/m1/s1. The van der Waals surface area contributed by atoms with Gasteiger partial charge in [0.15, 0.2) is 5.75 Å². The Kier molecular flexibility index (Phi) is 4.24. The van der Waals surface area contributed by atoms with E-state index >= 15 is 0 Å². The largest absolute Gasteiger partial charge is 0.490 e. The third-order valence-corrected chi connectivity index (χ3v) is 4.88. The van der Waals surface area contributed by atoms with Crippen LogP contribution in [0.25, 0.3) is 0 Å². The predicted molar refractivity (Wildman–Crippen MR) is 86.0 cm³/mol. The van der Waals surface area contributed by atoms with Gasteiger partial charge in [-0.1, -0.05) is 6.07 Å². The number of nitro groups is 1. The van der Waals surface area contributed by atoms with Gasteiger partial charge in [-0.15, -0.1) is 11.3 Å². The van der Waals surface area contributed by atoms with E-state index in [1.807, 2.05) is 11.6 Å². The number of nitro benzene ring substituents is 1. The third-order valence-electron chi connectivity index (χ3n) is 3.94. The molecule has 116 valence electrons. The molecule has 3 rings (SSSR count). The van der Waals surface area contributed by atoms with E-state index in [2.05, 4.69) is 9.88 Å². The predicted octanol–water partition coefficient (Wildman–Crippen LogP) is 3.44. The van der Waals surface area contributed by atoms with Gasteiger partial charge in [-0.05, 0) is 25.0 Å². The molecule has 1 aliphatic rings. The monoisotopic (exact) mass is 319 g/mol.